The quantitative estimate of drug-likeness (QED) is 0.594. The molecule has 17 heavy (non-hydrogen) atoms. The lowest BCUT2D eigenvalue weighted by atomic mass is 10.2. The van der Waals surface area contributed by atoms with Crippen molar-refractivity contribution in [3.8, 4) is 0 Å². The summed E-state index contributed by atoms with van der Waals surface area (Å²) in [7, 11) is 1.75. The molecular formula is C11H12BrIN2OS. The minimum absolute atomic E-state index is 0.0213. The van der Waals surface area contributed by atoms with Gasteiger partial charge in [-0.3, -0.25) is 4.79 Å². The van der Waals surface area contributed by atoms with Crippen LogP contribution in [0.15, 0.2) is 22.7 Å². The van der Waals surface area contributed by atoms with Crippen molar-refractivity contribution in [2.75, 3.05) is 13.6 Å². The summed E-state index contributed by atoms with van der Waals surface area (Å²) in [5.41, 5.74) is 6.10. The molecule has 0 unspecified atom stereocenters. The van der Waals surface area contributed by atoms with E-state index >= 15 is 0 Å². The number of benzene rings is 1. The van der Waals surface area contributed by atoms with Gasteiger partial charge < -0.3 is 10.6 Å². The van der Waals surface area contributed by atoms with Crippen LogP contribution in [-0.2, 0) is 0 Å². The van der Waals surface area contributed by atoms with Crippen LogP contribution in [-0.4, -0.2) is 29.4 Å². The topological polar surface area (TPSA) is 46.3 Å². The summed E-state index contributed by atoms with van der Waals surface area (Å²) >= 11 is 10.3. The number of hydrogen-bond acceptors (Lipinski definition) is 2. The van der Waals surface area contributed by atoms with Crippen molar-refractivity contribution < 1.29 is 4.79 Å². The van der Waals surface area contributed by atoms with Gasteiger partial charge in [0.15, 0.2) is 0 Å². The van der Waals surface area contributed by atoms with E-state index < -0.39 is 0 Å². The fourth-order valence-electron chi connectivity index (χ4n) is 1.25. The van der Waals surface area contributed by atoms with Crippen molar-refractivity contribution in [3.05, 3.63) is 31.8 Å². The second-order valence-corrected chi connectivity index (χ2v) is 6.17. The highest BCUT2D eigenvalue weighted by atomic mass is 127. The molecule has 2 N–H and O–H groups in total. The third kappa shape index (κ3) is 4.51. The molecule has 3 nitrogen and oxygen atoms in total. The fraction of sp³-hybridized carbons (Fsp3) is 0.273. The lowest BCUT2D eigenvalue weighted by Gasteiger charge is -2.17. The fourth-order valence-corrected chi connectivity index (χ4v) is 2.27. The SMILES string of the molecule is CN(CCC(N)=S)C(=O)c1cc(Br)ccc1I. The highest BCUT2D eigenvalue weighted by Crippen LogP contribution is 2.19. The second-order valence-electron chi connectivity index (χ2n) is 3.57. The Labute approximate surface area is 128 Å². The number of halogens is 2. The molecule has 1 rings (SSSR count). The highest BCUT2D eigenvalue weighted by molar-refractivity contribution is 14.1. The van der Waals surface area contributed by atoms with Crippen LogP contribution in [0.5, 0.6) is 0 Å². The summed E-state index contributed by atoms with van der Waals surface area (Å²) < 4.78 is 1.82. The maximum Gasteiger partial charge on any atom is 0.254 e. The largest absolute Gasteiger partial charge is 0.393 e. The van der Waals surface area contributed by atoms with E-state index in [1.54, 1.807) is 11.9 Å². The maximum atomic E-state index is 12.1. The van der Waals surface area contributed by atoms with E-state index in [-0.39, 0.29) is 5.91 Å². The predicted octanol–water partition coefficient (Wildman–Crippen LogP) is 2.80. The standard InChI is InChI=1S/C11H12BrIN2OS/c1-15(5-4-10(14)17)11(16)8-6-7(12)2-3-9(8)13/h2-3,6H,4-5H2,1H3,(H2,14,17). The summed E-state index contributed by atoms with van der Waals surface area (Å²) in [6, 6.07) is 5.63. The van der Waals surface area contributed by atoms with Gasteiger partial charge in [-0.05, 0) is 40.8 Å². The molecule has 0 aliphatic heterocycles. The Morgan fingerprint density at radius 3 is 2.82 bits per heavy atom. The second kappa shape index (κ2) is 6.65. The maximum absolute atomic E-state index is 12.1. The monoisotopic (exact) mass is 426 g/mol. The molecule has 1 aromatic rings. The Morgan fingerprint density at radius 2 is 2.24 bits per heavy atom. The number of rotatable bonds is 4. The van der Waals surface area contributed by atoms with E-state index in [0.29, 0.717) is 23.5 Å². The lowest BCUT2D eigenvalue weighted by molar-refractivity contribution is 0.0798. The van der Waals surface area contributed by atoms with Crippen LogP contribution in [0.25, 0.3) is 0 Å². The molecule has 92 valence electrons. The van der Waals surface area contributed by atoms with Gasteiger partial charge in [-0.2, -0.15) is 0 Å². The normalized spacial score (nSPS) is 10.1. The molecule has 0 spiro atoms. The molecule has 0 saturated heterocycles. The molecule has 1 aromatic carbocycles. The molecule has 0 heterocycles. The smallest absolute Gasteiger partial charge is 0.254 e. The van der Waals surface area contributed by atoms with Crippen molar-refractivity contribution in [2.24, 2.45) is 5.73 Å². The third-order valence-corrected chi connectivity index (χ3v) is 3.84. The third-order valence-electron chi connectivity index (χ3n) is 2.20. The Bertz CT molecular complexity index is 453. The van der Waals surface area contributed by atoms with Crippen LogP contribution in [0.3, 0.4) is 0 Å². The van der Waals surface area contributed by atoms with Gasteiger partial charge in [-0.15, -0.1) is 0 Å². The van der Waals surface area contributed by atoms with Crippen LogP contribution in [0, 0.1) is 3.57 Å². The summed E-state index contributed by atoms with van der Waals surface area (Å²) in [5.74, 6) is -0.0213. The van der Waals surface area contributed by atoms with Crippen LogP contribution in [0.2, 0.25) is 0 Å². The molecule has 0 fully saturated rings. The zero-order valence-corrected chi connectivity index (χ0v) is 13.8. The first kappa shape index (κ1) is 14.8. The van der Waals surface area contributed by atoms with Crippen molar-refractivity contribution in [1.82, 2.24) is 4.90 Å². The first-order valence-electron chi connectivity index (χ1n) is 4.90. The first-order valence-corrected chi connectivity index (χ1v) is 7.18. The van der Waals surface area contributed by atoms with Gasteiger partial charge in [0.25, 0.3) is 5.91 Å². The van der Waals surface area contributed by atoms with Crippen LogP contribution < -0.4 is 5.73 Å². The number of nitrogens with zero attached hydrogens (tertiary/aromatic N) is 1. The van der Waals surface area contributed by atoms with Crippen molar-refractivity contribution in [2.45, 2.75) is 6.42 Å². The van der Waals surface area contributed by atoms with Crippen LogP contribution in [0.1, 0.15) is 16.8 Å². The molecule has 0 bridgehead atoms. The van der Waals surface area contributed by atoms with Gasteiger partial charge in [0, 0.05) is 28.1 Å². The molecule has 0 saturated carbocycles. The minimum atomic E-state index is -0.0213. The summed E-state index contributed by atoms with van der Waals surface area (Å²) in [6.45, 7) is 0.538. The Kier molecular flexibility index (Phi) is 5.81. The van der Waals surface area contributed by atoms with Gasteiger partial charge in [-0.1, -0.05) is 28.1 Å². The van der Waals surface area contributed by atoms with E-state index in [4.69, 9.17) is 18.0 Å². The van der Waals surface area contributed by atoms with E-state index in [0.717, 1.165) is 8.04 Å². The number of carbonyl (C=O) groups excluding carboxylic acids is 1. The van der Waals surface area contributed by atoms with E-state index in [9.17, 15) is 4.79 Å². The molecule has 6 heteroatoms. The van der Waals surface area contributed by atoms with E-state index in [1.807, 2.05) is 18.2 Å². The Balaban J connectivity index is 2.81. The molecule has 0 aromatic heterocycles. The van der Waals surface area contributed by atoms with Crippen LogP contribution in [0.4, 0.5) is 0 Å². The van der Waals surface area contributed by atoms with Crippen LogP contribution >= 0.6 is 50.7 Å². The average Bonchev–Trinajstić information content (AvgIpc) is 2.28. The Hall–Kier alpha value is -0.210. The number of nitrogens with two attached hydrogens (primary N) is 1. The van der Waals surface area contributed by atoms with Gasteiger partial charge in [0.2, 0.25) is 0 Å². The van der Waals surface area contributed by atoms with Gasteiger partial charge in [0.05, 0.1) is 10.6 Å². The van der Waals surface area contributed by atoms with E-state index in [2.05, 4.69) is 38.5 Å². The molecular weight excluding hydrogens is 415 g/mol. The average molecular weight is 427 g/mol. The molecule has 0 aliphatic rings. The number of thiocarbonyl (C=S) groups is 1. The highest BCUT2D eigenvalue weighted by Gasteiger charge is 2.15. The zero-order valence-electron chi connectivity index (χ0n) is 9.24. The lowest BCUT2D eigenvalue weighted by Crippen LogP contribution is -2.30. The number of carbonyl (C=O) groups is 1. The minimum Gasteiger partial charge on any atom is -0.393 e. The van der Waals surface area contributed by atoms with Crippen molar-refractivity contribution >= 4 is 61.6 Å². The summed E-state index contributed by atoms with van der Waals surface area (Å²) in [4.78, 5) is 14.2. The molecule has 0 radical (unpaired) electrons. The first-order chi connectivity index (χ1) is 7.91. The van der Waals surface area contributed by atoms with Crippen molar-refractivity contribution in [3.63, 3.8) is 0 Å². The van der Waals surface area contributed by atoms with E-state index in [1.165, 1.54) is 0 Å². The number of amides is 1. The van der Waals surface area contributed by atoms with Gasteiger partial charge in [0.1, 0.15) is 0 Å². The predicted molar refractivity (Wildman–Crippen MR) is 85.2 cm³/mol. The van der Waals surface area contributed by atoms with Gasteiger partial charge in [-0.25, -0.2) is 0 Å². The number of hydrogen-bond donors (Lipinski definition) is 1. The van der Waals surface area contributed by atoms with Crippen molar-refractivity contribution in [1.29, 1.82) is 0 Å². The summed E-state index contributed by atoms with van der Waals surface area (Å²) in [5, 5.41) is 0. The summed E-state index contributed by atoms with van der Waals surface area (Å²) in [6.07, 6.45) is 0.544. The van der Waals surface area contributed by atoms with Gasteiger partial charge >= 0.3 is 0 Å². The molecule has 0 aliphatic carbocycles. The molecule has 1 amide bonds. The molecule has 0 atom stereocenters. The zero-order chi connectivity index (χ0) is 13.0. The Morgan fingerprint density at radius 1 is 1.59 bits per heavy atom.